The molecule has 0 radical (unpaired) electrons. The van der Waals surface area contributed by atoms with Gasteiger partial charge in [-0.15, -0.1) is 0 Å². The Hall–Kier alpha value is -2.66. The van der Waals surface area contributed by atoms with Crippen molar-refractivity contribution in [3.63, 3.8) is 0 Å². The maximum Gasteiger partial charge on any atom is 0.238 e. The number of halogens is 3. The molecule has 30 heavy (non-hydrogen) atoms. The normalized spacial score (nSPS) is 11.3. The summed E-state index contributed by atoms with van der Waals surface area (Å²) >= 11 is 12.2. The Labute approximate surface area is 182 Å². The predicted octanol–water partition coefficient (Wildman–Crippen LogP) is 4.37. The summed E-state index contributed by atoms with van der Waals surface area (Å²) in [4.78, 5) is 7.78. The van der Waals surface area contributed by atoms with Crippen molar-refractivity contribution >= 4 is 56.4 Å². The van der Waals surface area contributed by atoms with E-state index in [2.05, 4.69) is 20.6 Å². The molecule has 0 atom stereocenters. The summed E-state index contributed by atoms with van der Waals surface area (Å²) in [5.74, 6) is -0.369. The fraction of sp³-hybridized carbons (Fsp3) is 0.111. The molecular weight excluding hydrogens is 456 g/mol. The Balaban J connectivity index is 1.91. The number of aromatic nitrogens is 2. The number of hydrogen-bond acceptors (Lipinski definition) is 7. The van der Waals surface area contributed by atoms with Crippen LogP contribution in [0.4, 0.5) is 27.5 Å². The third kappa shape index (κ3) is 4.90. The molecule has 0 aliphatic heterocycles. The van der Waals surface area contributed by atoms with Crippen LogP contribution < -0.4 is 20.5 Å². The molecule has 0 aliphatic carbocycles. The van der Waals surface area contributed by atoms with Gasteiger partial charge in [-0.1, -0.05) is 23.2 Å². The Morgan fingerprint density at radius 1 is 1.10 bits per heavy atom. The lowest BCUT2D eigenvalue weighted by atomic mass is 10.2. The second-order valence-corrected chi connectivity index (χ2v) is 8.46. The van der Waals surface area contributed by atoms with E-state index in [1.54, 1.807) is 18.2 Å². The molecule has 0 aliphatic rings. The first-order chi connectivity index (χ1) is 14.1. The number of ether oxygens (including phenoxy) is 1. The van der Waals surface area contributed by atoms with E-state index < -0.39 is 15.8 Å². The fourth-order valence-electron chi connectivity index (χ4n) is 2.55. The first kappa shape index (κ1) is 22.0. The zero-order chi connectivity index (χ0) is 22.1. The molecule has 0 spiro atoms. The Morgan fingerprint density at radius 3 is 2.43 bits per heavy atom. The highest BCUT2D eigenvalue weighted by molar-refractivity contribution is 7.89. The van der Waals surface area contributed by atoms with Crippen molar-refractivity contribution < 1.29 is 17.5 Å². The van der Waals surface area contributed by atoms with Gasteiger partial charge in [0.15, 0.2) is 11.6 Å². The van der Waals surface area contributed by atoms with E-state index in [-0.39, 0.29) is 27.4 Å². The zero-order valence-electron chi connectivity index (χ0n) is 15.7. The van der Waals surface area contributed by atoms with Crippen LogP contribution in [0.3, 0.4) is 0 Å². The predicted molar refractivity (Wildman–Crippen MR) is 114 cm³/mol. The van der Waals surface area contributed by atoms with Gasteiger partial charge in [-0.25, -0.2) is 22.9 Å². The highest BCUT2D eigenvalue weighted by Gasteiger charge is 2.16. The van der Waals surface area contributed by atoms with Gasteiger partial charge in [0, 0.05) is 16.4 Å². The zero-order valence-corrected chi connectivity index (χ0v) is 18.0. The lowest BCUT2D eigenvalue weighted by Crippen LogP contribution is -2.14. The van der Waals surface area contributed by atoms with Crippen LogP contribution in [0.25, 0.3) is 0 Å². The summed E-state index contributed by atoms with van der Waals surface area (Å²) in [5, 5.41) is 11.3. The second-order valence-electron chi connectivity index (χ2n) is 6.12. The molecule has 1 aromatic heterocycles. The van der Waals surface area contributed by atoms with Crippen LogP contribution in [-0.4, -0.2) is 25.5 Å². The molecule has 0 bridgehead atoms. The van der Waals surface area contributed by atoms with Gasteiger partial charge >= 0.3 is 0 Å². The monoisotopic (exact) mass is 471 g/mol. The number of rotatable bonds is 6. The first-order valence-electron chi connectivity index (χ1n) is 8.31. The molecular formula is C18H16Cl2FN5O3S. The number of anilines is 4. The Morgan fingerprint density at radius 2 is 1.80 bits per heavy atom. The van der Waals surface area contributed by atoms with Crippen LogP contribution in [0, 0.1) is 12.7 Å². The van der Waals surface area contributed by atoms with Gasteiger partial charge < -0.3 is 15.4 Å². The van der Waals surface area contributed by atoms with Crippen molar-refractivity contribution in [1.29, 1.82) is 0 Å². The largest absolute Gasteiger partial charge is 0.495 e. The molecule has 0 saturated heterocycles. The number of nitrogens with two attached hydrogens (primary N) is 1. The maximum absolute atomic E-state index is 14.2. The quantitative estimate of drug-likeness (QED) is 0.487. The van der Waals surface area contributed by atoms with Gasteiger partial charge in [0.2, 0.25) is 16.0 Å². The third-order valence-electron chi connectivity index (χ3n) is 4.02. The van der Waals surface area contributed by atoms with E-state index >= 15 is 0 Å². The summed E-state index contributed by atoms with van der Waals surface area (Å²) in [5.41, 5.74) is 1.04. The van der Waals surface area contributed by atoms with E-state index in [0.29, 0.717) is 22.0 Å². The van der Waals surface area contributed by atoms with Crippen molar-refractivity contribution in [3.05, 3.63) is 58.0 Å². The smallest absolute Gasteiger partial charge is 0.238 e. The molecule has 0 amide bonds. The number of nitrogens with zero attached hydrogens (tertiary/aromatic N) is 2. The number of benzene rings is 2. The average Bonchev–Trinajstić information content (AvgIpc) is 2.66. The van der Waals surface area contributed by atoms with Crippen LogP contribution in [-0.2, 0) is 10.0 Å². The summed E-state index contributed by atoms with van der Waals surface area (Å²) < 4.78 is 42.8. The topological polar surface area (TPSA) is 119 Å². The van der Waals surface area contributed by atoms with Gasteiger partial charge in [-0.05, 0) is 42.8 Å². The standard InChI is InChI=1S/C18H16Cl2FN5O3S/c1-9-12(19)6-11(7-16(9)30(22,27)28)25-18-23-8-14(21)17(26-18)24-10-3-4-15(29-2)13(20)5-10/h3-8H,1-2H3,(H2,22,27,28)(H2,23,24,25,26). The number of sulfonamides is 1. The van der Waals surface area contributed by atoms with Crippen LogP contribution >= 0.6 is 23.2 Å². The SMILES string of the molecule is COc1ccc(Nc2nc(Nc3cc(Cl)c(C)c(S(N)(=O)=O)c3)ncc2F)cc1Cl. The number of hydrogen-bond donors (Lipinski definition) is 3. The maximum atomic E-state index is 14.2. The van der Waals surface area contributed by atoms with Gasteiger partial charge in [0.1, 0.15) is 5.75 Å². The minimum atomic E-state index is -4.00. The summed E-state index contributed by atoms with van der Waals surface area (Å²) in [6, 6.07) is 7.57. The van der Waals surface area contributed by atoms with Crippen LogP contribution in [0.1, 0.15) is 5.56 Å². The summed E-state index contributed by atoms with van der Waals surface area (Å²) in [7, 11) is -2.52. The summed E-state index contributed by atoms with van der Waals surface area (Å²) in [6.07, 6.45) is 0.958. The third-order valence-corrected chi connectivity index (χ3v) is 5.74. The molecule has 8 nitrogen and oxygen atoms in total. The minimum absolute atomic E-state index is 0.00111. The molecule has 0 unspecified atom stereocenters. The van der Waals surface area contributed by atoms with Crippen molar-refractivity contribution in [3.8, 4) is 5.75 Å². The van der Waals surface area contributed by atoms with E-state index in [0.717, 1.165) is 6.20 Å². The first-order valence-corrected chi connectivity index (χ1v) is 10.6. The van der Waals surface area contributed by atoms with E-state index in [1.807, 2.05) is 0 Å². The number of primary sulfonamides is 1. The van der Waals surface area contributed by atoms with E-state index in [4.69, 9.17) is 33.1 Å². The molecule has 4 N–H and O–H groups in total. The molecule has 1 heterocycles. The highest BCUT2D eigenvalue weighted by Crippen LogP contribution is 2.30. The Kier molecular flexibility index (Phi) is 6.32. The molecule has 12 heteroatoms. The van der Waals surface area contributed by atoms with Crippen LogP contribution in [0.2, 0.25) is 10.0 Å². The van der Waals surface area contributed by atoms with Crippen molar-refractivity contribution in [2.75, 3.05) is 17.7 Å². The summed E-state index contributed by atoms with van der Waals surface area (Å²) in [6.45, 7) is 1.53. The number of methoxy groups -OCH3 is 1. The molecule has 3 aromatic rings. The fourth-order valence-corrected chi connectivity index (χ4v) is 3.91. The van der Waals surface area contributed by atoms with E-state index in [9.17, 15) is 12.8 Å². The van der Waals surface area contributed by atoms with Crippen molar-refractivity contribution in [2.45, 2.75) is 11.8 Å². The van der Waals surface area contributed by atoms with Crippen molar-refractivity contribution in [2.24, 2.45) is 5.14 Å². The molecule has 0 fully saturated rings. The van der Waals surface area contributed by atoms with Gasteiger partial charge in [-0.2, -0.15) is 4.98 Å². The van der Waals surface area contributed by atoms with Crippen LogP contribution in [0.15, 0.2) is 41.4 Å². The molecule has 158 valence electrons. The molecule has 3 rings (SSSR count). The van der Waals surface area contributed by atoms with Crippen LogP contribution in [0.5, 0.6) is 5.75 Å². The minimum Gasteiger partial charge on any atom is -0.495 e. The second kappa shape index (κ2) is 8.60. The van der Waals surface area contributed by atoms with Gasteiger partial charge in [0.25, 0.3) is 0 Å². The highest BCUT2D eigenvalue weighted by atomic mass is 35.5. The number of nitrogens with one attached hydrogen (secondary N) is 2. The molecule has 0 saturated carbocycles. The average molecular weight is 472 g/mol. The lowest BCUT2D eigenvalue weighted by molar-refractivity contribution is 0.415. The van der Waals surface area contributed by atoms with Gasteiger partial charge in [-0.3, -0.25) is 0 Å². The van der Waals surface area contributed by atoms with E-state index in [1.165, 1.54) is 26.2 Å². The lowest BCUT2D eigenvalue weighted by Gasteiger charge is -2.12. The Bertz CT molecular complexity index is 1220. The van der Waals surface area contributed by atoms with Crippen molar-refractivity contribution in [1.82, 2.24) is 9.97 Å². The molecule has 2 aromatic carbocycles. The van der Waals surface area contributed by atoms with Gasteiger partial charge in [0.05, 0.1) is 23.2 Å².